The van der Waals surface area contributed by atoms with Crippen molar-refractivity contribution in [3.63, 3.8) is 0 Å². The van der Waals surface area contributed by atoms with Gasteiger partial charge in [-0.1, -0.05) is 12.1 Å². The average molecular weight is 507 g/mol. The zero-order valence-corrected chi connectivity index (χ0v) is 20.2. The van der Waals surface area contributed by atoms with Crippen LogP contribution in [0.2, 0.25) is 0 Å². The number of hydrogen-bond donors (Lipinski definition) is 1. The molecule has 9 nitrogen and oxygen atoms in total. The third-order valence-electron chi connectivity index (χ3n) is 7.17. The molecule has 2 fully saturated rings. The van der Waals surface area contributed by atoms with Gasteiger partial charge in [-0.3, -0.25) is 18.5 Å². The summed E-state index contributed by atoms with van der Waals surface area (Å²) in [6.45, 7) is 4.89. The lowest BCUT2D eigenvalue weighted by molar-refractivity contribution is -0.137. The number of aromatic nitrogens is 4. The highest BCUT2D eigenvalue weighted by Gasteiger charge is 2.40. The highest BCUT2D eigenvalue weighted by molar-refractivity contribution is 5.75. The van der Waals surface area contributed by atoms with Crippen LogP contribution in [0.4, 0.5) is 19.1 Å². The van der Waals surface area contributed by atoms with Crippen LogP contribution in [0.1, 0.15) is 24.5 Å². The second-order valence-electron chi connectivity index (χ2n) is 9.33. The molecule has 2 atom stereocenters. The number of imidazole rings is 1. The Balaban J connectivity index is 1.69. The highest BCUT2D eigenvalue weighted by atomic mass is 19.4. The van der Waals surface area contributed by atoms with E-state index in [4.69, 9.17) is 9.72 Å². The van der Waals surface area contributed by atoms with Crippen LogP contribution in [0.3, 0.4) is 0 Å². The summed E-state index contributed by atoms with van der Waals surface area (Å²) in [6.07, 6.45) is -3.54. The monoisotopic (exact) mass is 506 g/mol. The first-order valence-corrected chi connectivity index (χ1v) is 12.1. The number of rotatable bonds is 7. The Morgan fingerprint density at radius 3 is 2.75 bits per heavy atom. The fourth-order valence-corrected chi connectivity index (χ4v) is 5.35. The summed E-state index contributed by atoms with van der Waals surface area (Å²) in [4.78, 5) is 33.5. The third kappa shape index (κ3) is 4.21. The standard InChI is InChI=1S/C24H29F3N6O3/c1-3-36-10-9-32-21(34)19-20(30(2)23(32)35)29-22(31-8-7-16-12-28-13-18(16)31)33(19)14-15-5-4-6-17(11-15)24(25,26)27/h4-6,11,16,18,28H,3,7-10,12-14H2,1-2H3. The van der Waals surface area contributed by atoms with Gasteiger partial charge in [0.1, 0.15) is 0 Å². The Kier molecular flexibility index (Phi) is 6.41. The summed E-state index contributed by atoms with van der Waals surface area (Å²) in [7, 11) is 1.55. The molecule has 2 aliphatic heterocycles. The second kappa shape index (κ2) is 9.40. The molecule has 0 saturated carbocycles. The number of benzene rings is 1. The number of nitrogens with zero attached hydrogens (tertiary/aromatic N) is 5. The van der Waals surface area contributed by atoms with Gasteiger partial charge < -0.3 is 15.0 Å². The minimum Gasteiger partial charge on any atom is -0.380 e. The van der Waals surface area contributed by atoms with Crippen LogP contribution < -0.4 is 21.5 Å². The highest BCUT2D eigenvalue weighted by Crippen LogP contribution is 2.34. The maximum absolute atomic E-state index is 13.6. The topological polar surface area (TPSA) is 86.3 Å². The number of anilines is 1. The summed E-state index contributed by atoms with van der Waals surface area (Å²) in [5, 5.41) is 3.38. The second-order valence-corrected chi connectivity index (χ2v) is 9.33. The Labute approximate surface area is 205 Å². The quantitative estimate of drug-likeness (QED) is 0.492. The van der Waals surface area contributed by atoms with Crippen LogP contribution in [0.15, 0.2) is 33.9 Å². The van der Waals surface area contributed by atoms with E-state index < -0.39 is 23.0 Å². The molecule has 0 amide bonds. The van der Waals surface area contributed by atoms with Crippen LogP contribution >= 0.6 is 0 Å². The van der Waals surface area contributed by atoms with Gasteiger partial charge in [0, 0.05) is 39.3 Å². The Hall–Kier alpha value is -3.12. The lowest BCUT2D eigenvalue weighted by Crippen LogP contribution is -2.40. The molecule has 2 aliphatic rings. The fraction of sp³-hybridized carbons (Fsp3) is 0.542. The third-order valence-corrected chi connectivity index (χ3v) is 7.17. The molecule has 0 spiro atoms. The number of halogens is 3. The molecule has 4 heterocycles. The van der Waals surface area contributed by atoms with Crippen LogP contribution in [-0.4, -0.2) is 57.6 Å². The maximum atomic E-state index is 13.6. The minimum atomic E-state index is -4.48. The van der Waals surface area contributed by atoms with Gasteiger partial charge in [-0.2, -0.15) is 18.2 Å². The van der Waals surface area contributed by atoms with Crippen molar-refractivity contribution in [2.45, 2.75) is 38.7 Å². The van der Waals surface area contributed by atoms with Gasteiger partial charge >= 0.3 is 11.9 Å². The van der Waals surface area contributed by atoms with Crippen molar-refractivity contribution in [2.24, 2.45) is 13.0 Å². The van der Waals surface area contributed by atoms with Crippen molar-refractivity contribution >= 4 is 17.1 Å². The van der Waals surface area contributed by atoms with E-state index in [-0.39, 0.29) is 36.9 Å². The summed E-state index contributed by atoms with van der Waals surface area (Å²) < 4.78 is 49.6. The summed E-state index contributed by atoms with van der Waals surface area (Å²) in [5.74, 6) is 0.923. The predicted molar refractivity (Wildman–Crippen MR) is 128 cm³/mol. The van der Waals surface area contributed by atoms with E-state index in [1.165, 1.54) is 10.6 Å². The Morgan fingerprint density at radius 1 is 1.19 bits per heavy atom. The number of alkyl halides is 3. The van der Waals surface area contributed by atoms with E-state index in [0.717, 1.165) is 42.8 Å². The maximum Gasteiger partial charge on any atom is 0.416 e. The van der Waals surface area contributed by atoms with Gasteiger partial charge in [0.15, 0.2) is 11.2 Å². The minimum absolute atomic E-state index is 0.00989. The Morgan fingerprint density at radius 2 is 2.00 bits per heavy atom. The molecule has 0 aliphatic carbocycles. The van der Waals surface area contributed by atoms with Gasteiger partial charge in [0.05, 0.1) is 25.3 Å². The van der Waals surface area contributed by atoms with Crippen LogP contribution in [-0.2, 0) is 31.1 Å². The molecule has 12 heteroatoms. The molecular weight excluding hydrogens is 477 g/mol. The number of fused-ring (bicyclic) bond motifs is 2. The zero-order valence-electron chi connectivity index (χ0n) is 20.2. The normalized spacial score (nSPS) is 20.0. The summed E-state index contributed by atoms with van der Waals surface area (Å²) in [5.41, 5.74) is -0.999. The first kappa shape index (κ1) is 24.6. The van der Waals surface area contributed by atoms with Crippen molar-refractivity contribution in [3.05, 3.63) is 56.2 Å². The first-order chi connectivity index (χ1) is 17.2. The molecule has 36 heavy (non-hydrogen) atoms. The van der Waals surface area contributed by atoms with Gasteiger partial charge in [0.2, 0.25) is 5.95 Å². The van der Waals surface area contributed by atoms with Crippen LogP contribution in [0.25, 0.3) is 11.2 Å². The van der Waals surface area contributed by atoms with E-state index >= 15 is 0 Å². The van der Waals surface area contributed by atoms with E-state index in [1.54, 1.807) is 17.7 Å². The molecule has 0 bridgehead atoms. The molecular formula is C24H29F3N6O3. The van der Waals surface area contributed by atoms with Crippen LogP contribution in [0, 0.1) is 5.92 Å². The van der Waals surface area contributed by atoms with Crippen molar-refractivity contribution in [3.8, 4) is 0 Å². The van der Waals surface area contributed by atoms with E-state index in [9.17, 15) is 22.8 Å². The molecule has 2 saturated heterocycles. The molecule has 194 valence electrons. The van der Waals surface area contributed by atoms with Gasteiger partial charge in [-0.25, -0.2) is 4.79 Å². The zero-order chi connectivity index (χ0) is 25.6. The molecule has 1 N–H and O–H groups in total. The van der Waals surface area contributed by atoms with Crippen LogP contribution in [0.5, 0.6) is 0 Å². The average Bonchev–Trinajstić information content (AvgIpc) is 3.55. The predicted octanol–water partition coefficient (Wildman–Crippen LogP) is 1.80. The number of nitrogens with one attached hydrogen (secondary N) is 1. The van der Waals surface area contributed by atoms with Gasteiger partial charge in [-0.05, 0) is 37.0 Å². The summed E-state index contributed by atoms with van der Waals surface area (Å²) >= 11 is 0. The molecule has 0 radical (unpaired) electrons. The SMILES string of the molecule is CCOCCn1c(=O)c2c(nc(N3CCC4CNCC43)n2Cc2cccc(C(F)(F)F)c2)n(C)c1=O. The molecule has 2 unspecified atom stereocenters. The molecule has 2 aromatic heterocycles. The first-order valence-electron chi connectivity index (χ1n) is 12.1. The largest absolute Gasteiger partial charge is 0.416 e. The van der Waals surface area contributed by atoms with Gasteiger partial charge in [0.25, 0.3) is 5.56 Å². The molecule has 5 rings (SSSR count). The fourth-order valence-electron chi connectivity index (χ4n) is 5.35. The van der Waals surface area contributed by atoms with E-state index in [1.807, 2.05) is 6.92 Å². The number of ether oxygens (including phenoxy) is 1. The molecule has 3 aromatic rings. The van der Waals surface area contributed by atoms with E-state index in [0.29, 0.717) is 24.0 Å². The lowest BCUT2D eigenvalue weighted by atomic mass is 10.1. The van der Waals surface area contributed by atoms with Gasteiger partial charge in [-0.15, -0.1) is 0 Å². The van der Waals surface area contributed by atoms with Crippen molar-refractivity contribution in [1.82, 2.24) is 24.0 Å². The van der Waals surface area contributed by atoms with Crippen molar-refractivity contribution < 1.29 is 17.9 Å². The number of hydrogen-bond acceptors (Lipinski definition) is 6. The summed E-state index contributed by atoms with van der Waals surface area (Å²) in [6, 6.07) is 5.24. The Bertz CT molecular complexity index is 1390. The van der Waals surface area contributed by atoms with Crippen molar-refractivity contribution in [1.29, 1.82) is 0 Å². The molecule has 1 aromatic carbocycles. The number of aryl methyl sites for hydroxylation is 1. The smallest absolute Gasteiger partial charge is 0.380 e. The lowest BCUT2D eigenvalue weighted by Gasteiger charge is -2.25. The van der Waals surface area contributed by atoms with E-state index in [2.05, 4.69) is 10.2 Å². The van der Waals surface area contributed by atoms with Crippen molar-refractivity contribution in [2.75, 3.05) is 37.7 Å².